The second-order valence-corrected chi connectivity index (χ2v) is 13.3. The Hall–Kier alpha value is -1.83. The van der Waals surface area contributed by atoms with Crippen molar-refractivity contribution < 1.29 is 32.6 Å². The summed E-state index contributed by atoms with van der Waals surface area (Å²) in [4.78, 5) is 44.8. The zero-order valence-electron chi connectivity index (χ0n) is 25.2. The van der Waals surface area contributed by atoms with Crippen molar-refractivity contribution in [3.05, 3.63) is 45.3 Å². The molecule has 8 nitrogen and oxygen atoms in total. The molecule has 1 aromatic carbocycles. The first kappa shape index (κ1) is 34.4. The molecule has 1 heterocycles. The molecule has 2 N–H and O–H groups in total. The van der Waals surface area contributed by atoms with Crippen molar-refractivity contribution in [2.45, 2.75) is 110 Å². The number of rotatable bonds is 20. The van der Waals surface area contributed by atoms with Crippen molar-refractivity contribution in [3.8, 4) is 0 Å². The van der Waals surface area contributed by atoms with Gasteiger partial charge in [0, 0.05) is 29.0 Å². The summed E-state index contributed by atoms with van der Waals surface area (Å²) < 4.78 is 22.8. The van der Waals surface area contributed by atoms with Crippen molar-refractivity contribution in [2.75, 3.05) is 27.7 Å². The number of hydrogen-bond donors (Lipinski definition) is 2. The largest absolute Gasteiger partial charge is 0.470 e. The maximum Gasteiger partial charge on any atom is 0.470 e. The van der Waals surface area contributed by atoms with Crippen LogP contribution in [0.4, 0.5) is 0 Å². The second kappa shape index (κ2) is 16.6. The van der Waals surface area contributed by atoms with Crippen LogP contribution < -0.4 is 5.63 Å². The molecule has 2 aromatic rings. The lowest BCUT2D eigenvalue weighted by Gasteiger charge is -2.30. The highest BCUT2D eigenvalue weighted by atomic mass is 31.2. The lowest BCUT2D eigenvalue weighted by atomic mass is 9.93. The molecule has 9 heteroatoms. The molecule has 0 aliphatic heterocycles. The van der Waals surface area contributed by atoms with Crippen molar-refractivity contribution in [2.24, 2.45) is 0 Å². The predicted octanol–water partition coefficient (Wildman–Crippen LogP) is 7.62. The first-order valence-corrected chi connectivity index (χ1v) is 16.5. The minimum atomic E-state index is -4.87. The van der Waals surface area contributed by atoms with Crippen LogP contribution in [-0.4, -0.2) is 47.7 Å². The third kappa shape index (κ3) is 12.8. The number of likely N-dealkylation sites (N-methyl/N-ethyl adjacent to an activating group) is 1. The van der Waals surface area contributed by atoms with E-state index in [2.05, 4.69) is 6.92 Å². The van der Waals surface area contributed by atoms with Crippen molar-refractivity contribution in [1.29, 1.82) is 0 Å². The first-order valence-electron chi connectivity index (χ1n) is 15.0. The van der Waals surface area contributed by atoms with Crippen molar-refractivity contribution in [3.63, 3.8) is 0 Å². The Kier molecular flexibility index (Phi) is 14.2. The molecule has 226 valence electrons. The standard InChI is InChI=1S/C31H50NO7P/c1-6-7-8-9-10-11-12-13-14-15-16-17-18-19-28(33)26-21-25-24(2)20-31(34)38-29(25)22-27(26)30(23-32(3,4)5)39-40(35,36)37/h20-22,30H,6-19,23H2,1-5H3,(H-,35,36,37)/p+1. The van der Waals surface area contributed by atoms with Crippen LogP contribution in [0.15, 0.2) is 27.4 Å². The number of carbonyl (C=O) groups is 1. The number of phosphoric acid groups is 1. The Bertz CT molecular complexity index is 1180. The van der Waals surface area contributed by atoms with E-state index in [0.29, 0.717) is 33.0 Å². The highest BCUT2D eigenvalue weighted by molar-refractivity contribution is 7.46. The van der Waals surface area contributed by atoms with Gasteiger partial charge in [-0.1, -0.05) is 84.0 Å². The third-order valence-electron chi connectivity index (χ3n) is 7.25. The third-order valence-corrected chi connectivity index (χ3v) is 7.78. The Labute approximate surface area is 239 Å². The average Bonchev–Trinajstić information content (AvgIpc) is 2.84. The van der Waals surface area contributed by atoms with E-state index in [1.165, 1.54) is 76.3 Å². The number of ketones is 1. The van der Waals surface area contributed by atoms with Crippen LogP contribution in [0, 0.1) is 6.92 Å². The van der Waals surface area contributed by atoms with Crippen LogP contribution in [0.5, 0.6) is 0 Å². The van der Waals surface area contributed by atoms with Gasteiger partial charge in [-0.2, -0.15) is 0 Å². The molecule has 0 aliphatic rings. The van der Waals surface area contributed by atoms with Gasteiger partial charge in [0.25, 0.3) is 0 Å². The van der Waals surface area contributed by atoms with E-state index >= 15 is 0 Å². The molecule has 0 saturated heterocycles. The minimum Gasteiger partial charge on any atom is -0.423 e. The van der Waals surface area contributed by atoms with E-state index < -0.39 is 19.6 Å². The highest BCUT2D eigenvalue weighted by Crippen LogP contribution is 2.44. The van der Waals surface area contributed by atoms with Crippen LogP contribution in [0.3, 0.4) is 0 Å². The smallest absolute Gasteiger partial charge is 0.423 e. The number of unbranched alkanes of at least 4 members (excludes halogenated alkanes) is 12. The minimum absolute atomic E-state index is 0.105. The summed E-state index contributed by atoms with van der Waals surface area (Å²) in [7, 11) is 0.747. The van der Waals surface area contributed by atoms with Gasteiger partial charge in [-0.05, 0) is 31.0 Å². The number of carbonyl (C=O) groups excluding carboxylic acids is 1. The van der Waals surface area contributed by atoms with Crippen LogP contribution >= 0.6 is 7.82 Å². The highest BCUT2D eigenvalue weighted by Gasteiger charge is 2.32. The maximum absolute atomic E-state index is 13.5. The summed E-state index contributed by atoms with van der Waals surface area (Å²) in [5.41, 5.74) is 1.10. The normalized spacial score (nSPS) is 13.2. The molecule has 1 unspecified atom stereocenters. The molecule has 0 amide bonds. The number of hydrogen-bond acceptors (Lipinski definition) is 5. The molecule has 0 fully saturated rings. The average molecular weight is 581 g/mol. The van der Waals surface area contributed by atoms with E-state index in [0.717, 1.165) is 19.3 Å². The molecular formula is C31H51NO7P+. The lowest BCUT2D eigenvalue weighted by molar-refractivity contribution is -0.874. The summed E-state index contributed by atoms with van der Waals surface area (Å²) >= 11 is 0. The monoisotopic (exact) mass is 580 g/mol. The van der Waals surface area contributed by atoms with Crippen LogP contribution in [0.25, 0.3) is 11.0 Å². The van der Waals surface area contributed by atoms with Gasteiger partial charge in [-0.15, -0.1) is 0 Å². The Balaban J connectivity index is 2.05. The number of Topliss-reactive ketones (excluding diaryl/α,β-unsaturated/α-hetero) is 1. The fourth-order valence-corrected chi connectivity index (χ4v) is 5.69. The van der Waals surface area contributed by atoms with Crippen LogP contribution in [0.2, 0.25) is 0 Å². The number of fused-ring (bicyclic) bond motifs is 1. The van der Waals surface area contributed by atoms with E-state index in [9.17, 15) is 23.9 Å². The van der Waals surface area contributed by atoms with Gasteiger partial charge in [0.05, 0.1) is 21.1 Å². The van der Waals surface area contributed by atoms with E-state index in [4.69, 9.17) is 8.94 Å². The Morgan fingerprint density at radius 1 is 0.900 bits per heavy atom. The Morgan fingerprint density at radius 3 is 1.93 bits per heavy atom. The molecule has 0 saturated carbocycles. The molecule has 0 spiro atoms. The molecule has 1 aromatic heterocycles. The molecular weight excluding hydrogens is 529 g/mol. The summed E-state index contributed by atoms with van der Waals surface area (Å²) in [6.07, 6.45) is 15.1. The number of phosphoric ester groups is 1. The molecule has 1 atom stereocenters. The summed E-state index contributed by atoms with van der Waals surface area (Å²) in [6.45, 7) is 4.22. The van der Waals surface area contributed by atoms with Crippen LogP contribution in [0.1, 0.15) is 124 Å². The van der Waals surface area contributed by atoms with Gasteiger partial charge >= 0.3 is 13.4 Å². The number of aryl methyl sites for hydroxylation is 1. The van der Waals surface area contributed by atoms with Crippen molar-refractivity contribution in [1.82, 2.24) is 0 Å². The van der Waals surface area contributed by atoms with Crippen LogP contribution in [-0.2, 0) is 9.09 Å². The van der Waals surface area contributed by atoms with Gasteiger partial charge in [-0.3, -0.25) is 9.32 Å². The van der Waals surface area contributed by atoms with Gasteiger partial charge in [0.15, 0.2) is 5.78 Å². The number of quaternary nitrogens is 1. The van der Waals surface area contributed by atoms with Gasteiger partial charge in [0.2, 0.25) is 0 Å². The summed E-state index contributed by atoms with van der Waals surface area (Å²) in [6, 6.07) is 4.59. The second-order valence-electron chi connectivity index (χ2n) is 12.2. The van der Waals surface area contributed by atoms with E-state index in [1.807, 2.05) is 21.1 Å². The maximum atomic E-state index is 13.5. The van der Waals surface area contributed by atoms with Gasteiger partial charge in [-0.25, -0.2) is 9.36 Å². The van der Waals surface area contributed by atoms with Gasteiger partial charge < -0.3 is 18.7 Å². The molecule has 0 radical (unpaired) electrons. The molecule has 0 bridgehead atoms. The number of nitrogens with zero attached hydrogens (tertiary/aromatic N) is 1. The fourth-order valence-electron chi connectivity index (χ4n) is 5.18. The van der Waals surface area contributed by atoms with Gasteiger partial charge in [0.1, 0.15) is 18.2 Å². The summed E-state index contributed by atoms with van der Waals surface area (Å²) in [5, 5.41) is 0.622. The molecule has 0 aliphatic carbocycles. The van der Waals surface area contributed by atoms with E-state index in [-0.39, 0.29) is 17.9 Å². The zero-order chi connectivity index (χ0) is 29.8. The molecule has 2 rings (SSSR count). The topological polar surface area (TPSA) is 114 Å². The van der Waals surface area contributed by atoms with Crippen molar-refractivity contribution >= 4 is 24.6 Å². The fraction of sp³-hybridized carbons (Fsp3) is 0.677. The summed E-state index contributed by atoms with van der Waals surface area (Å²) in [5.74, 6) is -0.105. The molecule has 40 heavy (non-hydrogen) atoms. The van der Waals surface area contributed by atoms with E-state index in [1.54, 1.807) is 13.0 Å². The SMILES string of the molecule is CCCCCCCCCCCCCCCC(=O)c1cc2c(C)cc(=O)oc2cc1C(C[N+](C)(C)C)OP(=O)(O)O. The quantitative estimate of drug-likeness (QED) is 0.0544. The lowest BCUT2D eigenvalue weighted by Crippen LogP contribution is -2.39. The number of benzene rings is 1. The zero-order valence-corrected chi connectivity index (χ0v) is 26.1. The predicted molar refractivity (Wildman–Crippen MR) is 161 cm³/mol. The Morgan fingerprint density at radius 2 is 1.43 bits per heavy atom. The first-order chi connectivity index (χ1) is 18.8.